The van der Waals surface area contributed by atoms with Gasteiger partial charge in [-0.1, -0.05) is 29.8 Å². The van der Waals surface area contributed by atoms with Crippen LogP contribution >= 0.6 is 0 Å². The molecule has 1 aromatic heterocycles. The number of aryl methyl sites for hydroxylation is 2. The summed E-state index contributed by atoms with van der Waals surface area (Å²) in [5, 5.41) is 8.09. The summed E-state index contributed by atoms with van der Waals surface area (Å²) in [6, 6.07) is 14.9. The van der Waals surface area contributed by atoms with Crippen molar-refractivity contribution in [3.05, 3.63) is 82.4 Å². The minimum Gasteiger partial charge on any atom is -0.308 e. The molecule has 0 bridgehead atoms. The maximum absolute atomic E-state index is 13.1. The summed E-state index contributed by atoms with van der Waals surface area (Å²) < 4.78 is 15.0. The quantitative estimate of drug-likeness (QED) is 0.761. The third-order valence-electron chi connectivity index (χ3n) is 4.23. The van der Waals surface area contributed by atoms with Gasteiger partial charge in [-0.25, -0.2) is 9.07 Å². The Morgan fingerprint density at radius 1 is 1.00 bits per heavy atom. The maximum atomic E-state index is 13.1. The number of halogens is 1. The van der Waals surface area contributed by atoms with Gasteiger partial charge in [0.25, 0.3) is 0 Å². The van der Waals surface area contributed by atoms with Crippen molar-refractivity contribution in [1.29, 1.82) is 0 Å². The molecule has 0 fully saturated rings. The lowest BCUT2D eigenvalue weighted by molar-refractivity contribution is 0.627. The molecule has 0 saturated carbocycles. The van der Waals surface area contributed by atoms with E-state index in [1.165, 1.54) is 28.8 Å². The first kappa shape index (κ1) is 16.4. The molecule has 0 aliphatic heterocycles. The van der Waals surface area contributed by atoms with E-state index >= 15 is 0 Å². The van der Waals surface area contributed by atoms with E-state index in [-0.39, 0.29) is 5.82 Å². The highest BCUT2D eigenvalue weighted by Gasteiger charge is 2.12. The molecule has 0 saturated heterocycles. The molecule has 1 N–H and O–H groups in total. The number of aromatic nitrogens is 2. The molecule has 0 spiro atoms. The van der Waals surface area contributed by atoms with Gasteiger partial charge in [-0.05, 0) is 50.6 Å². The number of hydrogen-bond acceptors (Lipinski definition) is 2. The average molecular weight is 323 g/mol. The molecule has 4 heteroatoms. The lowest BCUT2D eigenvalue weighted by Crippen LogP contribution is -2.14. The first-order valence-electron chi connectivity index (χ1n) is 8.12. The predicted octanol–water partition coefficient (Wildman–Crippen LogP) is 4.23. The Hall–Kier alpha value is -2.46. The minimum absolute atomic E-state index is 0.236. The molecule has 0 aliphatic carbocycles. The summed E-state index contributed by atoms with van der Waals surface area (Å²) >= 11 is 0. The molecule has 0 unspecified atom stereocenters. The Bertz CT molecular complexity index is 835. The second-order valence-electron chi connectivity index (χ2n) is 6.13. The molecule has 0 atom stereocenters. The van der Waals surface area contributed by atoms with Gasteiger partial charge >= 0.3 is 0 Å². The molecule has 1 heterocycles. The van der Waals surface area contributed by atoms with E-state index in [1.54, 1.807) is 12.1 Å². The van der Waals surface area contributed by atoms with Gasteiger partial charge in [-0.15, -0.1) is 0 Å². The van der Waals surface area contributed by atoms with Crippen molar-refractivity contribution in [3.63, 3.8) is 0 Å². The van der Waals surface area contributed by atoms with E-state index < -0.39 is 0 Å². The van der Waals surface area contributed by atoms with Crippen molar-refractivity contribution in [2.24, 2.45) is 0 Å². The van der Waals surface area contributed by atoms with Crippen LogP contribution in [0.5, 0.6) is 0 Å². The highest BCUT2D eigenvalue weighted by Crippen LogP contribution is 2.18. The minimum atomic E-state index is -0.236. The monoisotopic (exact) mass is 323 g/mol. The van der Waals surface area contributed by atoms with Gasteiger partial charge in [0.15, 0.2) is 0 Å². The third-order valence-corrected chi connectivity index (χ3v) is 4.23. The second-order valence-corrected chi connectivity index (χ2v) is 6.13. The van der Waals surface area contributed by atoms with E-state index in [0.29, 0.717) is 0 Å². The van der Waals surface area contributed by atoms with Gasteiger partial charge in [0, 0.05) is 24.3 Å². The van der Waals surface area contributed by atoms with Crippen LogP contribution in [0, 0.1) is 26.6 Å². The zero-order valence-electron chi connectivity index (χ0n) is 14.3. The highest BCUT2D eigenvalue weighted by molar-refractivity contribution is 5.37. The van der Waals surface area contributed by atoms with Crippen LogP contribution in [0.15, 0.2) is 48.5 Å². The lowest BCUT2D eigenvalue weighted by atomic mass is 10.1. The summed E-state index contributed by atoms with van der Waals surface area (Å²) in [5.41, 5.74) is 6.68. The fourth-order valence-electron chi connectivity index (χ4n) is 2.92. The predicted molar refractivity (Wildman–Crippen MR) is 94.7 cm³/mol. The SMILES string of the molecule is Cc1cccc(CNCc2c(C)nn(-c3ccc(F)cc3)c2C)c1. The van der Waals surface area contributed by atoms with Crippen LogP contribution in [0.3, 0.4) is 0 Å². The van der Waals surface area contributed by atoms with Gasteiger partial charge in [0.1, 0.15) is 5.82 Å². The molecular formula is C20H22FN3. The number of hydrogen-bond donors (Lipinski definition) is 1. The molecule has 2 aromatic carbocycles. The van der Waals surface area contributed by atoms with Crippen molar-refractivity contribution in [2.75, 3.05) is 0 Å². The first-order chi connectivity index (χ1) is 11.5. The zero-order valence-corrected chi connectivity index (χ0v) is 14.3. The van der Waals surface area contributed by atoms with Crippen LogP contribution in [0.1, 0.15) is 28.1 Å². The van der Waals surface area contributed by atoms with E-state index in [9.17, 15) is 4.39 Å². The standard InChI is InChI=1S/C20H22FN3/c1-14-5-4-6-17(11-14)12-22-13-20-15(2)23-24(16(20)3)19-9-7-18(21)8-10-19/h4-11,22H,12-13H2,1-3H3. The van der Waals surface area contributed by atoms with Crippen LogP contribution < -0.4 is 5.32 Å². The lowest BCUT2D eigenvalue weighted by Gasteiger charge is -2.08. The zero-order chi connectivity index (χ0) is 17.1. The summed E-state index contributed by atoms with van der Waals surface area (Å²) in [4.78, 5) is 0. The van der Waals surface area contributed by atoms with E-state index in [4.69, 9.17) is 0 Å². The number of nitrogens with one attached hydrogen (secondary N) is 1. The van der Waals surface area contributed by atoms with Gasteiger partial charge in [0.05, 0.1) is 11.4 Å². The molecule has 3 rings (SSSR count). The van der Waals surface area contributed by atoms with Crippen LogP contribution in [0.4, 0.5) is 4.39 Å². The van der Waals surface area contributed by atoms with Crippen LogP contribution in [-0.2, 0) is 13.1 Å². The van der Waals surface area contributed by atoms with Gasteiger partial charge in [0.2, 0.25) is 0 Å². The van der Waals surface area contributed by atoms with E-state index in [2.05, 4.69) is 41.6 Å². The molecule has 24 heavy (non-hydrogen) atoms. The van der Waals surface area contributed by atoms with Crippen molar-refractivity contribution < 1.29 is 4.39 Å². The highest BCUT2D eigenvalue weighted by atomic mass is 19.1. The molecular weight excluding hydrogens is 301 g/mol. The molecule has 3 aromatic rings. The molecule has 124 valence electrons. The Kier molecular flexibility index (Phi) is 4.76. The first-order valence-corrected chi connectivity index (χ1v) is 8.12. The van der Waals surface area contributed by atoms with Crippen LogP contribution in [-0.4, -0.2) is 9.78 Å². The van der Waals surface area contributed by atoms with E-state index in [1.807, 2.05) is 18.5 Å². The van der Waals surface area contributed by atoms with Crippen LogP contribution in [0.2, 0.25) is 0 Å². The summed E-state index contributed by atoms with van der Waals surface area (Å²) in [7, 11) is 0. The number of nitrogens with zero attached hydrogens (tertiary/aromatic N) is 2. The Labute approximate surface area is 142 Å². The van der Waals surface area contributed by atoms with Crippen molar-refractivity contribution in [1.82, 2.24) is 15.1 Å². The average Bonchev–Trinajstić information content (AvgIpc) is 2.84. The number of rotatable bonds is 5. The largest absolute Gasteiger partial charge is 0.308 e. The van der Waals surface area contributed by atoms with Crippen molar-refractivity contribution in [2.45, 2.75) is 33.9 Å². The van der Waals surface area contributed by atoms with Gasteiger partial charge in [-0.3, -0.25) is 0 Å². The topological polar surface area (TPSA) is 29.9 Å². The fraction of sp³-hybridized carbons (Fsp3) is 0.250. The maximum Gasteiger partial charge on any atom is 0.123 e. The summed E-state index contributed by atoms with van der Waals surface area (Å²) in [5.74, 6) is -0.236. The Morgan fingerprint density at radius 3 is 2.46 bits per heavy atom. The van der Waals surface area contributed by atoms with Crippen LogP contribution in [0.25, 0.3) is 5.69 Å². The molecule has 0 radical (unpaired) electrons. The van der Waals surface area contributed by atoms with E-state index in [0.717, 1.165) is 30.2 Å². The number of benzene rings is 2. The van der Waals surface area contributed by atoms with Crippen molar-refractivity contribution >= 4 is 0 Å². The van der Waals surface area contributed by atoms with Crippen molar-refractivity contribution in [3.8, 4) is 5.69 Å². The smallest absolute Gasteiger partial charge is 0.123 e. The molecule has 0 amide bonds. The molecule has 0 aliphatic rings. The third kappa shape index (κ3) is 3.54. The van der Waals surface area contributed by atoms with Gasteiger partial charge < -0.3 is 5.32 Å². The summed E-state index contributed by atoms with van der Waals surface area (Å²) in [6.07, 6.45) is 0. The normalized spacial score (nSPS) is 11.0. The fourth-order valence-corrected chi connectivity index (χ4v) is 2.92. The van der Waals surface area contributed by atoms with Gasteiger partial charge in [-0.2, -0.15) is 5.10 Å². The second kappa shape index (κ2) is 6.97. The molecule has 3 nitrogen and oxygen atoms in total. The summed E-state index contributed by atoms with van der Waals surface area (Å²) in [6.45, 7) is 7.74. The Balaban J connectivity index is 1.73. The Morgan fingerprint density at radius 2 is 1.75 bits per heavy atom.